The SMILES string of the molecule is C[C@@H](c1cccc([N+](=O)[O-])c1)N(C)C(=O)c1csc(-c2ccsc2)n1. The molecule has 8 heteroatoms. The Morgan fingerprint density at radius 2 is 2.12 bits per heavy atom. The van der Waals surface area contributed by atoms with Gasteiger partial charge in [-0.25, -0.2) is 4.98 Å². The minimum atomic E-state index is -0.439. The molecule has 0 aliphatic rings. The molecule has 1 aromatic carbocycles. The summed E-state index contributed by atoms with van der Waals surface area (Å²) in [6.07, 6.45) is 0. The average Bonchev–Trinajstić information content (AvgIpc) is 3.31. The highest BCUT2D eigenvalue weighted by molar-refractivity contribution is 7.14. The number of aromatic nitrogens is 1. The van der Waals surface area contributed by atoms with E-state index in [1.54, 1.807) is 40.8 Å². The van der Waals surface area contributed by atoms with Crippen molar-refractivity contribution in [2.45, 2.75) is 13.0 Å². The topological polar surface area (TPSA) is 76.3 Å². The van der Waals surface area contributed by atoms with Gasteiger partial charge in [0, 0.05) is 35.5 Å². The van der Waals surface area contributed by atoms with Gasteiger partial charge in [-0.05, 0) is 23.9 Å². The summed E-state index contributed by atoms with van der Waals surface area (Å²) in [6, 6.07) is 7.99. The van der Waals surface area contributed by atoms with Crippen molar-refractivity contribution in [3.63, 3.8) is 0 Å². The van der Waals surface area contributed by atoms with E-state index in [-0.39, 0.29) is 17.6 Å². The van der Waals surface area contributed by atoms with Gasteiger partial charge in [-0.15, -0.1) is 11.3 Å². The summed E-state index contributed by atoms with van der Waals surface area (Å²) in [5.41, 5.74) is 2.10. The van der Waals surface area contributed by atoms with E-state index in [9.17, 15) is 14.9 Å². The molecule has 0 aliphatic heterocycles. The summed E-state index contributed by atoms with van der Waals surface area (Å²) < 4.78 is 0. The van der Waals surface area contributed by atoms with Crippen molar-refractivity contribution < 1.29 is 9.72 Å². The fourth-order valence-corrected chi connectivity index (χ4v) is 3.88. The molecule has 0 saturated carbocycles. The van der Waals surface area contributed by atoms with E-state index in [1.807, 2.05) is 23.8 Å². The van der Waals surface area contributed by atoms with Gasteiger partial charge in [-0.2, -0.15) is 11.3 Å². The van der Waals surface area contributed by atoms with Crippen LogP contribution in [0.2, 0.25) is 0 Å². The van der Waals surface area contributed by atoms with E-state index < -0.39 is 4.92 Å². The van der Waals surface area contributed by atoms with Crippen LogP contribution >= 0.6 is 22.7 Å². The highest BCUT2D eigenvalue weighted by Gasteiger charge is 2.22. The predicted octanol–water partition coefficient (Wildman–Crippen LogP) is 4.61. The molecule has 0 unspecified atom stereocenters. The van der Waals surface area contributed by atoms with Crippen molar-refractivity contribution in [2.75, 3.05) is 7.05 Å². The molecule has 1 amide bonds. The maximum Gasteiger partial charge on any atom is 0.273 e. The van der Waals surface area contributed by atoms with Crippen molar-refractivity contribution in [1.82, 2.24) is 9.88 Å². The van der Waals surface area contributed by atoms with Gasteiger partial charge in [0.2, 0.25) is 0 Å². The summed E-state index contributed by atoms with van der Waals surface area (Å²) in [6.45, 7) is 1.84. The summed E-state index contributed by atoms with van der Waals surface area (Å²) in [4.78, 5) is 29.2. The maximum absolute atomic E-state index is 12.7. The van der Waals surface area contributed by atoms with Crippen LogP contribution in [-0.4, -0.2) is 27.8 Å². The van der Waals surface area contributed by atoms with E-state index >= 15 is 0 Å². The number of nitro benzene ring substituents is 1. The lowest BCUT2D eigenvalue weighted by molar-refractivity contribution is -0.384. The molecule has 2 heterocycles. The van der Waals surface area contributed by atoms with E-state index in [0.29, 0.717) is 11.3 Å². The minimum Gasteiger partial charge on any atom is -0.334 e. The van der Waals surface area contributed by atoms with Crippen LogP contribution in [-0.2, 0) is 0 Å². The molecule has 3 rings (SSSR count). The molecule has 128 valence electrons. The smallest absolute Gasteiger partial charge is 0.273 e. The standard InChI is InChI=1S/C17H15N3O3S2/c1-11(12-4-3-5-14(8-12)20(22)23)19(2)17(21)15-10-25-16(18-15)13-6-7-24-9-13/h3-11H,1-2H3/t11-/m0/s1. The third-order valence-electron chi connectivity index (χ3n) is 3.96. The zero-order valence-corrected chi connectivity index (χ0v) is 15.2. The Hall–Kier alpha value is -2.58. The second-order valence-electron chi connectivity index (χ2n) is 5.49. The molecule has 0 saturated heterocycles. The van der Waals surface area contributed by atoms with Crippen molar-refractivity contribution in [1.29, 1.82) is 0 Å². The Morgan fingerprint density at radius 3 is 2.80 bits per heavy atom. The van der Waals surface area contributed by atoms with E-state index in [1.165, 1.54) is 23.5 Å². The second-order valence-corrected chi connectivity index (χ2v) is 7.13. The third-order valence-corrected chi connectivity index (χ3v) is 5.53. The molecule has 1 atom stereocenters. The Labute approximate surface area is 152 Å². The third kappa shape index (κ3) is 3.59. The van der Waals surface area contributed by atoms with Crippen LogP contribution in [0.25, 0.3) is 10.6 Å². The highest BCUT2D eigenvalue weighted by Crippen LogP contribution is 2.28. The second kappa shape index (κ2) is 7.12. The number of carbonyl (C=O) groups excluding carboxylic acids is 1. The summed E-state index contributed by atoms with van der Waals surface area (Å²) >= 11 is 3.01. The van der Waals surface area contributed by atoms with Crippen molar-refractivity contribution >= 4 is 34.3 Å². The molecule has 2 aromatic heterocycles. The molecule has 3 aromatic rings. The van der Waals surface area contributed by atoms with Crippen LogP contribution < -0.4 is 0 Å². The number of nitro groups is 1. The fraction of sp³-hybridized carbons (Fsp3) is 0.176. The zero-order chi connectivity index (χ0) is 18.0. The molecule has 0 N–H and O–H groups in total. The van der Waals surface area contributed by atoms with Gasteiger partial charge in [0.25, 0.3) is 11.6 Å². The Balaban J connectivity index is 1.80. The van der Waals surface area contributed by atoms with Crippen LogP contribution in [0, 0.1) is 10.1 Å². The number of benzene rings is 1. The average molecular weight is 373 g/mol. The van der Waals surface area contributed by atoms with Crippen LogP contribution in [0.4, 0.5) is 5.69 Å². The first kappa shape index (κ1) is 17.2. The largest absolute Gasteiger partial charge is 0.334 e. The summed E-state index contributed by atoms with van der Waals surface area (Å²) in [5.74, 6) is -0.211. The summed E-state index contributed by atoms with van der Waals surface area (Å²) in [5, 5.41) is 17.4. The Morgan fingerprint density at radius 1 is 1.32 bits per heavy atom. The highest BCUT2D eigenvalue weighted by atomic mass is 32.1. The number of nitrogens with zero attached hydrogens (tertiary/aromatic N) is 3. The van der Waals surface area contributed by atoms with Crippen LogP contribution in [0.1, 0.15) is 29.0 Å². The number of amides is 1. The first-order valence-corrected chi connectivity index (χ1v) is 9.29. The molecular formula is C17H15N3O3S2. The van der Waals surface area contributed by atoms with Crippen molar-refractivity contribution in [3.8, 4) is 10.6 Å². The Bertz CT molecular complexity index is 906. The number of hydrogen-bond donors (Lipinski definition) is 0. The number of hydrogen-bond acceptors (Lipinski definition) is 6. The molecule has 0 spiro atoms. The normalized spacial score (nSPS) is 11.9. The maximum atomic E-state index is 12.7. The monoisotopic (exact) mass is 373 g/mol. The molecule has 0 aliphatic carbocycles. The first-order valence-electron chi connectivity index (χ1n) is 7.47. The number of thiazole rings is 1. The fourth-order valence-electron chi connectivity index (χ4n) is 2.37. The molecule has 6 nitrogen and oxygen atoms in total. The first-order chi connectivity index (χ1) is 12.0. The lowest BCUT2D eigenvalue weighted by Gasteiger charge is -2.24. The number of carbonyl (C=O) groups is 1. The molecule has 0 radical (unpaired) electrons. The van der Waals surface area contributed by atoms with Crippen LogP contribution in [0.5, 0.6) is 0 Å². The van der Waals surface area contributed by atoms with Crippen LogP contribution in [0.15, 0.2) is 46.5 Å². The van der Waals surface area contributed by atoms with Gasteiger partial charge in [-0.1, -0.05) is 12.1 Å². The van der Waals surface area contributed by atoms with Crippen LogP contribution in [0.3, 0.4) is 0 Å². The van der Waals surface area contributed by atoms with Crippen molar-refractivity contribution in [2.24, 2.45) is 0 Å². The zero-order valence-electron chi connectivity index (χ0n) is 13.6. The van der Waals surface area contributed by atoms with Gasteiger partial charge >= 0.3 is 0 Å². The Kier molecular flexibility index (Phi) is 4.91. The minimum absolute atomic E-state index is 0.0126. The summed E-state index contributed by atoms with van der Waals surface area (Å²) in [7, 11) is 1.68. The van der Waals surface area contributed by atoms with Gasteiger partial charge < -0.3 is 4.90 Å². The number of non-ortho nitro benzene ring substituents is 1. The van der Waals surface area contributed by atoms with E-state index in [0.717, 1.165) is 10.6 Å². The van der Waals surface area contributed by atoms with Gasteiger partial charge in [0.15, 0.2) is 0 Å². The number of rotatable bonds is 5. The van der Waals surface area contributed by atoms with Gasteiger partial charge in [0.1, 0.15) is 10.7 Å². The van der Waals surface area contributed by atoms with Gasteiger partial charge in [-0.3, -0.25) is 14.9 Å². The predicted molar refractivity (Wildman–Crippen MR) is 99.0 cm³/mol. The molecular weight excluding hydrogens is 358 g/mol. The van der Waals surface area contributed by atoms with E-state index in [4.69, 9.17) is 0 Å². The molecule has 0 bridgehead atoms. The lowest BCUT2D eigenvalue weighted by Crippen LogP contribution is -2.29. The number of thiophene rings is 1. The lowest BCUT2D eigenvalue weighted by atomic mass is 10.1. The molecule has 0 fully saturated rings. The quantitative estimate of drug-likeness (QED) is 0.483. The van der Waals surface area contributed by atoms with E-state index in [2.05, 4.69) is 4.98 Å². The van der Waals surface area contributed by atoms with Crippen molar-refractivity contribution in [3.05, 3.63) is 67.8 Å². The van der Waals surface area contributed by atoms with Gasteiger partial charge in [0.05, 0.1) is 11.0 Å². The molecule has 25 heavy (non-hydrogen) atoms.